The lowest BCUT2D eigenvalue weighted by Crippen LogP contribution is -2.31. The number of nitrogens with zero attached hydrogens (tertiary/aromatic N) is 2. The van der Waals surface area contributed by atoms with Gasteiger partial charge in [0.05, 0.1) is 11.0 Å². The molecule has 1 fully saturated rings. The van der Waals surface area contributed by atoms with Crippen LogP contribution in [0.15, 0.2) is 29.6 Å². The zero-order chi connectivity index (χ0) is 15.5. The summed E-state index contributed by atoms with van der Waals surface area (Å²) in [6, 6.07) is 7.79. The highest BCUT2D eigenvalue weighted by Crippen LogP contribution is 2.36. The maximum Gasteiger partial charge on any atom is 0.273 e. The minimum atomic E-state index is -0.0121. The van der Waals surface area contributed by atoms with Crippen LogP contribution in [0.4, 0.5) is 0 Å². The summed E-state index contributed by atoms with van der Waals surface area (Å²) in [6.45, 7) is 1.30. The molecule has 2 aromatic rings. The Morgan fingerprint density at radius 1 is 1.45 bits per heavy atom. The van der Waals surface area contributed by atoms with Gasteiger partial charge in [0.1, 0.15) is 5.69 Å². The predicted molar refractivity (Wildman–Crippen MR) is 89.3 cm³/mol. The van der Waals surface area contributed by atoms with E-state index in [2.05, 4.69) is 4.98 Å². The van der Waals surface area contributed by atoms with Crippen LogP contribution in [-0.2, 0) is 6.42 Å². The van der Waals surface area contributed by atoms with Gasteiger partial charge in [0.2, 0.25) is 0 Å². The van der Waals surface area contributed by atoms with Crippen LogP contribution in [0, 0.1) is 0 Å². The molecule has 1 aliphatic rings. The average Bonchev–Trinajstić information content (AvgIpc) is 3.16. The zero-order valence-electron chi connectivity index (χ0n) is 12.2. The van der Waals surface area contributed by atoms with Crippen LogP contribution in [0.3, 0.4) is 0 Å². The molecule has 0 bridgehead atoms. The first-order valence-corrected chi connectivity index (χ1v) is 8.66. The van der Waals surface area contributed by atoms with Crippen molar-refractivity contribution in [3.05, 3.63) is 50.9 Å². The first kappa shape index (κ1) is 15.5. The van der Waals surface area contributed by atoms with Gasteiger partial charge >= 0.3 is 0 Å². The first-order chi connectivity index (χ1) is 10.7. The first-order valence-electron chi connectivity index (χ1n) is 7.40. The van der Waals surface area contributed by atoms with Crippen molar-refractivity contribution in [1.82, 2.24) is 9.88 Å². The highest BCUT2D eigenvalue weighted by atomic mass is 35.5. The second-order valence-electron chi connectivity index (χ2n) is 5.34. The third-order valence-corrected chi connectivity index (χ3v) is 5.16. The number of halogens is 1. The van der Waals surface area contributed by atoms with Gasteiger partial charge in [-0.1, -0.05) is 29.8 Å². The van der Waals surface area contributed by atoms with Crippen LogP contribution < -0.4 is 5.73 Å². The van der Waals surface area contributed by atoms with Crippen molar-refractivity contribution in [2.75, 3.05) is 13.1 Å². The number of carbonyl (C=O) groups is 1. The topological polar surface area (TPSA) is 59.2 Å². The van der Waals surface area contributed by atoms with Gasteiger partial charge in [-0.05, 0) is 31.0 Å². The Balaban J connectivity index is 1.83. The fraction of sp³-hybridized carbons (Fsp3) is 0.375. The van der Waals surface area contributed by atoms with Crippen molar-refractivity contribution >= 4 is 28.8 Å². The molecule has 0 aliphatic carbocycles. The Bertz CT molecular complexity index is 673. The SMILES string of the molecule is NCCc1nc(C(=O)N2CCCC2c2ccccc2Cl)cs1. The summed E-state index contributed by atoms with van der Waals surface area (Å²) in [5, 5.41) is 3.46. The zero-order valence-corrected chi connectivity index (χ0v) is 13.7. The van der Waals surface area contributed by atoms with E-state index in [0.717, 1.165) is 30.0 Å². The number of amides is 1. The summed E-state index contributed by atoms with van der Waals surface area (Å²) in [5.74, 6) is -0.0121. The molecule has 1 amide bonds. The van der Waals surface area contributed by atoms with Crippen molar-refractivity contribution in [3.8, 4) is 0 Å². The minimum Gasteiger partial charge on any atom is -0.330 e. The second-order valence-corrected chi connectivity index (χ2v) is 6.69. The van der Waals surface area contributed by atoms with E-state index in [-0.39, 0.29) is 11.9 Å². The number of nitrogens with two attached hydrogens (primary N) is 1. The Kier molecular flexibility index (Phi) is 4.76. The summed E-state index contributed by atoms with van der Waals surface area (Å²) in [6.07, 6.45) is 2.64. The summed E-state index contributed by atoms with van der Waals surface area (Å²) in [5.41, 5.74) is 7.08. The molecule has 0 saturated carbocycles. The fourth-order valence-corrected chi connectivity index (χ4v) is 3.92. The van der Waals surface area contributed by atoms with Crippen LogP contribution in [0.25, 0.3) is 0 Å². The maximum absolute atomic E-state index is 12.8. The molecular formula is C16H18ClN3OS. The van der Waals surface area contributed by atoms with E-state index in [1.54, 1.807) is 0 Å². The second kappa shape index (κ2) is 6.77. The molecule has 6 heteroatoms. The van der Waals surface area contributed by atoms with Gasteiger partial charge in [-0.25, -0.2) is 4.98 Å². The van der Waals surface area contributed by atoms with E-state index >= 15 is 0 Å². The Labute approximate surface area is 138 Å². The molecule has 1 aromatic carbocycles. The Morgan fingerprint density at radius 3 is 3.05 bits per heavy atom. The van der Waals surface area contributed by atoms with Crippen molar-refractivity contribution in [3.63, 3.8) is 0 Å². The fourth-order valence-electron chi connectivity index (χ4n) is 2.87. The van der Waals surface area contributed by atoms with Gasteiger partial charge in [0.15, 0.2) is 0 Å². The van der Waals surface area contributed by atoms with Crippen LogP contribution in [0.1, 0.15) is 39.9 Å². The smallest absolute Gasteiger partial charge is 0.273 e. The van der Waals surface area contributed by atoms with E-state index in [4.69, 9.17) is 17.3 Å². The molecule has 0 spiro atoms. The third kappa shape index (κ3) is 3.02. The standard InChI is InChI=1S/C16H18ClN3OS/c17-12-5-2-1-4-11(12)14-6-3-9-20(14)16(21)13-10-22-15(19-13)7-8-18/h1-2,4-5,10,14H,3,6-9,18H2. The van der Waals surface area contributed by atoms with Gasteiger partial charge in [-0.15, -0.1) is 11.3 Å². The summed E-state index contributed by atoms with van der Waals surface area (Å²) in [4.78, 5) is 19.1. The molecule has 1 aliphatic heterocycles. The number of carbonyl (C=O) groups excluding carboxylic acids is 1. The lowest BCUT2D eigenvalue weighted by molar-refractivity contribution is 0.0730. The Morgan fingerprint density at radius 2 is 2.27 bits per heavy atom. The largest absolute Gasteiger partial charge is 0.330 e. The predicted octanol–water partition coefficient (Wildman–Crippen LogP) is 3.28. The molecule has 1 saturated heterocycles. The maximum atomic E-state index is 12.8. The van der Waals surface area contributed by atoms with E-state index in [9.17, 15) is 4.79 Å². The van der Waals surface area contributed by atoms with Gasteiger partial charge in [0.25, 0.3) is 5.91 Å². The van der Waals surface area contributed by atoms with Crippen molar-refractivity contribution < 1.29 is 4.79 Å². The number of likely N-dealkylation sites (tertiary alicyclic amines) is 1. The van der Waals surface area contributed by atoms with Gasteiger partial charge in [0, 0.05) is 23.4 Å². The van der Waals surface area contributed by atoms with Crippen molar-refractivity contribution in [1.29, 1.82) is 0 Å². The van der Waals surface area contributed by atoms with E-state index in [1.165, 1.54) is 11.3 Å². The normalized spacial score (nSPS) is 17.9. The van der Waals surface area contributed by atoms with Gasteiger partial charge in [-0.2, -0.15) is 0 Å². The molecule has 1 aromatic heterocycles. The van der Waals surface area contributed by atoms with E-state index in [1.807, 2.05) is 34.5 Å². The van der Waals surface area contributed by atoms with E-state index in [0.29, 0.717) is 23.7 Å². The number of rotatable bonds is 4. The van der Waals surface area contributed by atoms with Crippen LogP contribution in [-0.4, -0.2) is 28.9 Å². The molecule has 22 heavy (non-hydrogen) atoms. The molecule has 2 heterocycles. The lowest BCUT2D eigenvalue weighted by Gasteiger charge is -2.25. The van der Waals surface area contributed by atoms with Crippen LogP contribution >= 0.6 is 22.9 Å². The van der Waals surface area contributed by atoms with Gasteiger partial charge in [-0.3, -0.25) is 4.79 Å². The molecule has 3 rings (SSSR count). The molecule has 2 N–H and O–H groups in total. The number of aromatic nitrogens is 1. The highest BCUT2D eigenvalue weighted by Gasteiger charge is 2.32. The highest BCUT2D eigenvalue weighted by molar-refractivity contribution is 7.09. The monoisotopic (exact) mass is 335 g/mol. The van der Waals surface area contributed by atoms with Crippen molar-refractivity contribution in [2.24, 2.45) is 5.73 Å². The summed E-state index contributed by atoms with van der Waals surface area (Å²) < 4.78 is 0. The van der Waals surface area contributed by atoms with Crippen molar-refractivity contribution in [2.45, 2.75) is 25.3 Å². The minimum absolute atomic E-state index is 0.0121. The lowest BCUT2D eigenvalue weighted by atomic mass is 10.0. The molecule has 1 unspecified atom stereocenters. The number of hydrogen-bond acceptors (Lipinski definition) is 4. The molecule has 0 radical (unpaired) electrons. The molecule has 116 valence electrons. The summed E-state index contributed by atoms with van der Waals surface area (Å²) in [7, 11) is 0. The molecular weight excluding hydrogens is 318 g/mol. The Hall–Kier alpha value is -1.43. The van der Waals surface area contributed by atoms with Crippen LogP contribution in [0.5, 0.6) is 0 Å². The molecule has 1 atom stereocenters. The third-order valence-electron chi connectivity index (χ3n) is 3.91. The molecule has 4 nitrogen and oxygen atoms in total. The quantitative estimate of drug-likeness (QED) is 0.932. The van der Waals surface area contributed by atoms with Crippen LogP contribution in [0.2, 0.25) is 5.02 Å². The average molecular weight is 336 g/mol. The van der Waals surface area contributed by atoms with Gasteiger partial charge < -0.3 is 10.6 Å². The number of thiazole rings is 1. The summed E-state index contributed by atoms with van der Waals surface area (Å²) >= 11 is 7.80. The number of hydrogen-bond donors (Lipinski definition) is 1. The number of benzene rings is 1. The van der Waals surface area contributed by atoms with E-state index < -0.39 is 0 Å².